The van der Waals surface area contributed by atoms with Crippen molar-refractivity contribution >= 4 is 15.9 Å². The lowest BCUT2D eigenvalue weighted by Crippen LogP contribution is -1.99. The fraction of sp³-hybridized carbons (Fsp3) is 0.250. The van der Waals surface area contributed by atoms with Gasteiger partial charge in [0.05, 0.1) is 16.4 Å². The molecule has 4 nitrogen and oxygen atoms in total. The lowest BCUT2D eigenvalue weighted by atomic mass is 10.5. The van der Waals surface area contributed by atoms with E-state index in [9.17, 15) is 0 Å². The van der Waals surface area contributed by atoms with Gasteiger partial charge < -0.3 is 0 Å². The third kappa shape index (κ3) is 1.51. The van der Waals surface area contributed by atoms with E-state index in [1.807, 2.05) is 0 Å². The Morgan fingerprint density at radius 2 is 2.67 bits per heavy atom. The molecule has 1 heterocycles. The van der Waals surface area contributed by atoms with Crippen LogP contribution in [0.1, 0.15) is 5.69 Å². The number of nitrogens with one attached hydrogen (secondary N) is 1. The minimum absolute atomic E-state index is 0.348. The predicted octanol–water partition coefficient (Wildman–Crippen LogP) is 0.562. The highest BCUT2D eigenvalue weighted by Gasteiger charge is 1.98. The summed E-state index contributed by atoms with van der Waals surface area (Å²) in [6.07, 6.45) is 1.65. The van der Waals surface area contributed by atoms with Gasteiger partial charge in [-0.2, -0.15) is 5.10 Å². The van der Waals surface area contributed by atoms with Crippen molar-refractivity contribution in [3.8, 4) is 0 Å². The first-order valence-electron chi connectivity index (χ1n) is 2.34. The molecule has 0 radical (unpaired) electrons. The molecule has 0 fully saturated rings. The summed E-state index contributed by atoms with van der Waals surface area (Å²) in [6.45, 7) is 0.348. The molecule has 0 atom stereocenters. The van der Waals surface area contributed by atoms with Crippen LogP contribution in [-0.2, 0) is 11.4 Å². The number of hydrogen-bond donors (Lipinski definition) is 2. The maximum Gasteiger partial charge on any atom is 0.111 e. The third-order valence-electron chi connectivity index (χ3n) is 0.893. The molecule has 9 heavy (non-hydrogen) atoms. The smallest absolute Gasteiger partial charge is 0.111 e. The van der Waals surface area contributed by atoms with E-state index in [0.29, 0.717) is 6.61 Å². The average Bonchev–Trinajstić information content (AvgIpc) is 2.18. The minimum atomic E-state index is 0.348. The molecule has 0 aliphatic carbocycles. The van der Waals surface area contributed by atoms with Gasteiger partial charge in [-0.05, 0) is 15.9 Å². The van der Waals surface area contributed by atoms with E-state index < -0.39 is 0 Å². The van der Waals surface area contributed by atoms with Gasteiger partial charge in [0.15, 0.2) is 0 Å². The molecule has 5 heteroatoms. The summed E-state index contributed by atoms with van der Waals surface area (Å²) in [7, 11) is 0. The van der Waals surface area contributed by atoms with E-state index in [4.69, 9.17) is 5.90 Å². The van der Waals surface area contributed by atoms with Crippen LogP contribution in [0.2, 0.25) is 0 Å². The van der Waals surface area contributed by atoms with E-state index in [1.54, 1.807) is 6.20 Å². The molecule has 0 spiro atoms. The van der Waals surface area contributed by atoms with E-state index >= 15 is 0 Å². The van der Waals surface area contributed by atoms with Crippen LogP contribution in [0.25, 0.3) is 0 Å². The zero-order valence-electron chi connectivity index (χ0n) is 4.60. The molecular formula is C4H6BrN3O. The van der Waals surface area contributed by atoms with Crippen molar-refractivity contribution < 1.29 is 4.84 Å². The number of nitrogens with zero attached hydrogens (tertiary/aromatic N) is 1. The first-order chi connectivity index (χ1) is 4.34. The molecule has 0 amide bonds. The van der Waals surface area contributed by atoms with Crippen molar-refractivity contribution in [2.75, 3.05) is 0 Å². The lowest BCUT2D eigenvalue weighted by Gasteiger charge is -1.91. The Labute approximate surface area is 60.5 Å². The van der Waals surface area contributed by atoms with Gasteiger partial charge in [-0.1, -0.05) is 0 Å². The zero-order valence-corrected chi connectivity index (χ0v) is 6.18. The van der Waals surface area contributed by atoms with Crippen molar-refractivity contribution in [3.05, 3.63) is 16.4 Å². The summed E-state index contributed by atoms with van der Waals surface area (Å²) in [5.41, 5.74) is 0.845. The minimum Gasteiger partial charge on any atom is -0.298 e. The van der Waals surface area contributed by atoms with Crippen LogP contribution in [-0.4, -0.2) is 10.2 Å². The molecule has 0 bridgehead atoms. The number of H-pyrrole nitrogens is 1. The highest BCUT2D eigenvalue weighted by atomic mass is 79.9. The highest BCUT2D eigenvalue weighted by Crippen LogP contribution is 2.12. The van der Waals surface area contributed by atoms with E-state index in [2.05, 4.69) is 31.0 Å². The van der Waals surface area contributed by atoms with Gasteiger partial charge in [0.25, 0.3) is 0 Å². The number of hydrogen-bond acceptors (Lipinski definition) is 3. The second kappa shape index (κ2) is 2.95. The second-order valence-electron chi connectivity index (χ2n) is 1.51. The van der Waals surface area contributed by atoms with Gasteiger partial charge in [-0.25, -0.2) is 5.90 Å². The topological polar surface area (TPSA) is 63.9 Å². The molecule has 0 saturated heterocycles. The Kier molecular flexibility index (Phi) is 2.21. The van der Waals surface area contributed by atoms with Crippen molar-refractivity contribution in [1.29, 1.82) is 0 Å². The van der Waals surface area contributed by atoms with Crippen LogP contribution >= 0.6 is 15.9 Å². The molecule has 0 aliphatic rings. The van der Waals surface area contributed by atoms with Gasteiger partial charge in [-0.15, -0.1) is 0 Å². The van der Waals surface area contributed by atoms with Crippen LogP contribution in [0.5, 0.6) is 0 Å². The van der Waals surface area contributed by atoms with Crippen molar-refractivity contribution in [2.24, 2.45) is 5.90 Å². The lowest BCUT2D eigenvalue weighted by molar-refractivity contribution is 0.121. The molecule has 3 N–H and O–H groups in total. The van der Waals surface area contributed by atoms with Crippen molar-refractivity contribution in [2.45, 2.75) is 6.61 Å². The Balaban J connectivity index is 2.69. The molecule has 0 aromatic carbocycles. The van der Waals surface area contributed by atoms with Crippen LogP contribution in [0.15, 0.2) is 10.7 Å². The number of rotatable bonds is 2. The standard InChI is InChI=1S/C4H6BrN3O/c5-3-1-7-8-4(3)2-9-6/h1H,2,6H2,(H,7,8). The van der Waals surface area contributed by atoms with Crippen LogP contribution in [0.3, 0.4) is 0 Å². The maximum absolute atomic E-state index is 4.82. The summed E-state index contributed by atoms with van der Waals surface area (Å²) in [4.78, 5) is 4.37. The second-order valence-corrected chi connectivity index (χ2v) is 2.36. The quantitative estimate of drug-likeness (QED) is 0.673. The Bertz CT molecular complexity index is 188. The number of aromatic amines is 1. The highest BCUT2D eigenvalue weighted by molar-refractivity contribution is 9.10. The molecule has 0 unspecified atom stereocenters. The molecule has 0 saturated carbocycles. The van der Waals surface area contributed by atoms with Crippen LogP contribution < -0.4 is 5.90 Å². The van der Waals surface area contributed by atoms with Crippen molar-refractivity contribution in [3.63, 3.8) is 0 Å². The molecule has 1 rings (SSSR count). The van der Waals surface area contributed by atoms with Crippen LogP contribution in [0, 0.1) is 0 Å². The Hall–Kier alpha value is -0.390. The molecule has 50 valence electrons. The molecule has 1 aromatic heterocycles. The molecular weight excluding hydrogens is 186 g/mol. The van der Waals surface area contributed by atoms with Crippen molar-refractivity contribution in [1.82, 2.24) is 10.2 Å². The Morgan fingerprint density at radius 1 is 1.89 bits per heavy atom. The zero-order chi connectivity index (χ0) is 6.69. The van der Waals surface area contributed by atoms with E-state index in [0.717, 1.165) is 10.2 Å². The van der Waals surface area contributed by atoms with Gasteiger partial charge in [0.1, 0.15) is 6.61 Å². The first kappa shape index (κ1) is 6.73. The van der Waals surface area contributed by atoms with Gasteiger partial charge in [0, 0.05) is 0 Å². The summed E-state index contributed by atoms with van der Waals surface area (Å²) in [5.74, 6) is 4.82. The molecule has 0 aliphatic heterocycles. The molecule has 1 aromatic rings. The summed E-state index contributed by atoms with van der Waals surface area (Å²) >= 11 is 3.24. The first-order valence-corrected chi connectivity index (χ1v) is 3.13. The number of nitrogens with two attached hydrogens (primary N) is 1. The van der Waals surface area contributed by atoms with Gasteiger partial charge in [-0.3, -0.25) is 9.94 Å². The average molecular weight is 192 g/mol. The normalized spacial score (nSPS) is 10.0. The van der Waals surface area contributed by atoms with E-state index in [-0.39, 0.29) is 0 Å². The predicted molar refractivity (Wildman–Crippen MR) is 35.3 cm³/mol. The van der Waals surface area contributed by atoms with Crippen LogP contribution in [0.4, 0.5) is 0 Å². The summed E-state index contributed by atoms with van der Waals surface area (Å²) in [6, 6.07) is 0. The number of halogens is 1. The maximum atomic E-state index is 4.82. The van der Waals surface area contributed by atoms with Gasteiger partial charge in [0.2, 0.25) is 0 Å². The monoisotopic (exact) mass is 191 g/mol. The third-order valence-corrected chi connectivity index (χ3v) is 1.58. The summed E-state index contributed by atoms with van der Waals surface area (Å²) < 4.78 is 0.882. The largest absolute Gasteiger partial charge is 0.298 e. The van der Waals surface area contributed by atoms with E-state index in [1.165, 1.54) is 0 Å². The Morgan fingerprint density at radius 3 is 3.11 bits per heavy atom. The SMILES string of the molecule is NOCc1[nH]ncc1Br. The van der Waals surface area contributed by atoms with Gasteiger partial charge >= 0.3 is 0 Å². The summed E-state index contributed by atoms with van der Waals surface area (Å²) in [5, 5.41) is 6.44. The fourth-order valence-corrected chi connectivity index (χ4v) is 0.788. The fourth-order valence-electron chi connectivity index (χ4n) is 0.483. The number of aromatic nitrogens is 2.